The van der Waals surface area contributed by atoms with Crippen LogP contribution < -0.4 is 18.9 Å². The Morgan fingerprint density at radius 1 is 1.09 bits per heavy atom. The lowest BCUT2D eigenvalue weighted by Gasteiger charge is -2.46. The highest BCUT2D eigenvalue weighted by molar-refractivity contribution is 5.97. The molecule has 1 saturated heterocycles. The quantitative estimate of drug-likeness (QED) is 0.192. The maximum absolute atomic E-state index is 12.3. The highest BCUT2D eigenvalue weighted by atomic mass is 16.7. The molecule has 0 amide bonds. The number of hydrogen-bond acceptors (Lipinski definition) is 14. The van der Waals surface area contributed by atoms with E-state index in [4.69, 9.17) is 23.7 Å². The fraction of sp³-hybridized carbons (Fsp3) is 0.469. The van der Waals surface area contributed by atoms with Crippen LogP contribution in [0.3, 0.4) is 0 Å². The summed E-state index contributed by atoms with van der Waals surface area (Å²) in [5.74, 6) is -4.74. The monoisotopic (exact) mass is 656 g/mol. The number of aliphatic carboxylic acids is 1. The number of carbonyl (C=O) groups is 1. The van der Waals surface area contributed by atoms with Crippen LogP contribution in [-0.2, 0) is 9.53 Å². The number of ether oxygens (including phenoxy) is 5. The first-order valence-electron chi connectivity index (χ1n) is 15.1. The minimum absolute atomic E-state index is 0.0637. The molecular weight excluding hydrogens is 620 g/mol. The van der Waals surface area contributed by atoms with Crippen molar-refractivity contribution in [2.24, 2.45) is 9.98 Å². The van der Waals surface area contributed by atoms with Crippen molar-refractivity contribution >= 4 is 23.8 Å². The van der Waals surface area contributed by atoms with Crippen molar-refractivity contribution in [2.75, 3.05) is 13.7 Å². The Morgan fingerprint density at radius 2 is 1.81 bits per heavy atom. The van der Waals surface area contributed by atoms with Gasteiger partial charge >= 0.3 is 5.97 Å². The van der Waals surface area contributed by atoms with Gasteiger partial charge in [0.25, 0.3) is 0 Å². The SMILES string of the molecule is COc1ccc(C2C=C(O)c3c(cc(O[C@@H]4O[C@H](C(=O)O)[C@](O)(CC5=NC=NC5)[C@@H](O)[C@H]4O)c(OC4(O)CCCCC4)c3O)O2)cc1. The Hall–Kier alpha value is -4.41. The summed E-state index contributed by atoms with van der Waals surface area (Å²) in [6.07, 6.45) is -4.34. The molecule has 0 radical (unpaired) electrons. The molecule has 3 heterocycles. The second kappa shape index (κ2) is 12.7. The van der Waals surface area contributed by atoms with Crippen LogP contribution in [0.25, 0.3) is 5.76 Å². The van der Waals surface area contributed by atoms with Crippen LogP contribution in [0.15, 0.2) is 46.4 Å². The van der Waals surface area contributed by atoms with Gasteiger partial charge < -0.3 is 59.4 Å². The predicted molar refractivity (Wildman–Crippen MR) is 163 cm³/mol. The van der Waals surface area contributed by atoms with Gasteiger partial charge in [-0.1, -0.05) is 18.6 Å². The Balaban J connectivity index is 1.37. The number of fused-ring (bicyclic) bond motifs is 1. The lowest BCUT2D eigenvalue weighted by Crippen LogP contribution is -2.69. The number of phenolic OH excluding ortho intramolecular Hbond substituents is 1. The molecule has 0 bridgehead atoms. The van der Waals surface area contributed by atoms with E-state index in [-0.39, 0.29) is 47.9 Å². The van der Waals surface area contributed by atoms with E-state index in [0.717, 1.165) is 6.42 Å². The van der Waals surface area contributed by atoms with E-state index in [2.05, 4.69) is 9.98 Å². The number of benzene rings is 2. The molecule has 6 atom stereocenters. The smallest absolute Gasteiger partial charge is 0.336 e. The maximum atomic E-state index is 12.3. The summed E-state index contributed by atoms with van der Waals surface area (Å²) in [7, 11) is 1.52. The van der Waals surface area contributed by atoms with Gasteiger partial charge in [0.1, 0.15) is 53.1 Å². The van der Waals surface area contributed by atoms with Crippen LogP contribution in [0.4, 0.5) is 0 Å². The van der Waals surface area contributed by atoms with Crippen LogP contribution >= 0.6 is 0 Å². The largest absolute Gasteiger partial charge is 0.507 e. The third-order valence-corrected chi connectivity index (χ3v) is 8.76. The zero-order valence-corrected chi connectivity index (χ0v) is 25.4. The van der Waals surface area contributed by atoms with E-state index < -0.39 is 66.0 Å². The Bertz CT molecular complexity index is 1600. The van der Waals surface area contributed by atoms with Crippen molar-refractivity contribution in [3.63, 3.8) is 0 Å². The maximum Gasteiger partial charge on any atom is 0.336 e. The zero-order chi connectivity index (χ0) is 33.5. The zero-order valence-electron chi connectivity index (χ0n) is 25.4. The van der Waals surface area contributed by atoms with Gasteiger partial charge in [0.05, 0.1) is 13.7 Å². The van der Waals surface area contributed by atoms with Gasteiger partial charge in [-0.3, -0.25) is 4.99 Å². The van der Waals surface area contributed by atoms with E-state index in [9.17, 15) is 40.5 Å². The topological polar surface area (TPSA) is 230 Å². The molecule has 0 aromatic heterocycles. The predicted octanol–water partition coefficient (Wildman–Crippen LogP) is 1.98. The molecule has 7 N–H and O–H groups in total. The number of aliphatic imine (C=N–C) groups is 2. The fourth-order valence-electron chi connectivity index (χ4n) is 6.24. The summed E-state index contributed by atoms with van der Waals surface area (Å²) in [5.41, 5.74) is -1.80. The summed E-state index contributed by atoms with van der Waals surface area (Å²) in [5, 5.41) is 77.2. The minimum Gasteiger partial charge on any atom is -0.507 e. The molecule has 1 aliphatic carbocycles. The van der Waals surface area contributed by atoms with E-state index in [0.29, 0.717) is 24.2 Å². The van der Waals surface area contributed by atoms with Gasteiger partial charge in [0.15, 0.2) is 17.6 Å². The van der Waals surface area contributed by atoms with Gasteiger partial charge in [-0.25, -0.2) is 9.79 Å². The van der Waals surface area contributed by atoms with Crippen molar-refractivity contribution in [3.8, 4) is 28.7 Å². The van der Waals surface area contributed by atoms with E-state index in [1.54, 1.807) is 24.3 Å². The number of carboxylic acid groups (broad SMARTS) is 1. The number of phenols is 1. The summed E-state index contributed by atoms with van der Waals surface area (Å²) in [6.45, 7) is 0.0637. The van der Waals surface area contributed by atoms with E-state index in [1.165, 1.54) is 25.6 Å². The number of nitrogens with zero attached hydrogens (tertiary/aromatic N) is 2. The molecule has 1 unspecified atom stereocenters. The van der Waals surface area contributed by atoms with Crippen molar-refractivity contribution in [1.82, 2.24) is 0 Å². The van der Waals surface area contributed by atoms with Gasteiger partial charge in [-0.05, 0) is 30.5 Å². The number of carboxylic acids is 1. The number of rotatable bonds is 9. The molecule has 47 heavy (non-hydrogen) atoms. The first kappa shape index (κ1) is 32.5. The van der Waals surface area contributed by atoms with Crippen LogP contribution in [0.1, 0.15) is 55.8 Å². The molecule has 2 aromatic carbocycles. The molecule has 252 valence electrons. The number of aliphatic hydroxyl groups excluding tert-OH is 3. The van der Waals surface area contributed by atoms with Gasteiger partial charge in [0.2, 0.25) is 17.8 Å². The lowest BCUT2D eigenvalue weighted by atomic mass is 9.80. The summed E-state index contributed by atoms with van der Waals surface area (Å²) in [4.78, 5) is 20.2. The third-order valence-electron chi connectivity index (χ3n) is 8.76. The van der Waals surface area contributed by atoms with Crippen molar-refractivity contribution in [2.45, 2.75) is 80.6 Å². The van der Waals surface area contributed by atoms with Crippen LogP contribution in [0.2, 0.25) is 0 Å². The standard InChI is InChI=1S/C32H36N2O13/c1-43-18-7-5-16(6-8-18)20-11-19(35)23-21(44-20)12-22(26(24(23)36)47-31(41)9-3-2-4-10-31)45-30-25(37)27(38)32(42,28(46-30)29(39)40)13-17-14-33-15-34-17/h5-8,11-12,15,20,25,27-28,30,35-38,41-42H,2-4,9-10,13-14H2,1H3,(H,39,40)/t20?,25-,27+,28-,30-,32+/m1/s1. The summed E-state index contributed by atoms with van der Waals surface area (Å²) >= 11 is 0. The van der Waals surface area contributed by atoms with Gasteiger partial charge in [-0.15, -0.1) is 0 Å². The Morgan fingerprint density at radius 3 is 2.45 bits per heavy atom. The molecule has 2 fully saturated rings. The highest BCUT2D eigenvalue weighted by Crippen LogP contribution is 2.52. The molecule has 0 spiro atoms. The van der Waals surface area contributed by atoms with E-state index in [1.807, 2.05) is 0 Å². The molecule has 15 heteroatoms. The molecular formula is C32H36N2O13. The summed E-state index contributed by atoms with van der Waals surface area (Å²) < 4.78 is 28.7. The molecule has 2 aromatic rings. The van der Waals surface area contributed by atoms with Crippen molar-refractivity contribution in [3.05, 3.63) is 47.5 Å². The second-order valence-corrected chi connectivity index (χ2v) is 12.0. The number of methoxy groups -OCH3 is 1. The fourth-order valence-corrected chi connectivity index (χ4v) is 6.24. The van der Waals surface area contributed by atoms with Crippen LogP contribution in [-0.4, -0.2) is 103 Å². The van der Waals surface area contributed by atoms with Crippen LogP contribution in [0.5, 0.6) is 28.7 Å². The molecule has 15 nitrogen and oxygen atoms in total. The number of aromatic hydroxyl groups is 1. The third kappa shape index (κ3) is 6.19. The van der Waals surface area contributed by atoms with Crippen molar-refractivity contribution < 1.29 is 64.2 Å². The average molecular weight is 657 g/mol. The normalized spacial score (nSPS) is 29.6. The molecule has 1 saturated carbocycles. The van der Waals surface area contributed by atoms with Gasteiger partial charge in [0, 0.05) is 37.1 Å². The highest BCUT2D eigenvalue weighted by Gasteiger charge is 2.59. The van der Waals surface area contributed by atoms with Crippen molar-refractivity contribution in [1.29, 1.82) is 0 Å². The average Bonchev–Trinajstić information content (AvgIpc) is 3.56. The lowest BCUT2D eigenvalue weighted by molar-refractivity contribution is -0.303. The first-order valence-corrected chi connectivity index (χ1v) is 15.1. The summed E-state index contributed by atoms with van der Waals surface area (Å²) in [6, 6.07) is 8.06. The Labute approximate surface area is 268 Å². The number of hydrogen-bond donors (Lipinski definition) is 7. The second-order valence-electron chi connectivity index (χ2n) is 12.0. The van der Waals surface area contributed by atoms with Crippen LogP contribution in [0, 0.1) is 0 Å². The molecule has 6 rings (SSSR count). The molecule has 3 aliphatic heterocycles. The number of aliphatic hydroxyl groups is 5. The first-order chi connectivity index (χ1) is 22.4. The Kier molecular flexibility index (Phi) is 8.76. The van der Waals surface area contributed by atoms with Gasteiger partial charge in [-0.2, -0.15) is 0 Å². The molecule has 4 aliphatic rings. The van der Waals surface area contributed by atoms with E-state index >= 15 is 0 Å². The minimum atomic E-state index is -2.52.